The zero-order valence-corrected chi connectivity index (χ0v) is 17.3. The predicted octanol–water partition coefficient (Wildman–Crippen LogP) is 4.25. The maximum absolute atomic E-state index is 13.0. The number of nitrogens with one attached hydrogen (secondary N) is 2. The Balaban J connectivity index is 2.07. The van der Waals surface area contributed by atoms with Gasteiger partial charge in [-0.2, -0.15) is 9.82 Å². The number of aryl methyl sites for hydroxylation is 1. The molecule has 1 heterocycles. The standard InChI is InChI=1S/C16H13BrCl2N4O2S/c1-9-20-16(22-21-9)14(10-5-3-2-4-6-10)23-26(24,25)15-12(18)7-11(17)8-13(15)19/h2-8,14,23H,1H3,(H,20,21,22)/t14-/m1/s1. The molecule has 0 fully saturated rings. The third kappa shape index (κ3) is 4.10. The van der Waals surface area contributed by atoms with Crippen molar-refractivity contribution < 1.29 is 8.42 Å². The van der Waals surface area contributed by atoms with Crippen LogP contribution in [-0.4, -0.2) is 23.6 Å². The van der Waals surface area contributed by atoms with E-state index in [9.17, 15) is 8.42 Å². The lowest BCUT2D eigenvalue weighted by atomic mass is 10.1. The second-order valence-electron chi connectivity index (χ2n) is 5.44. The molecule has 3 rings (SSSR count). The highest BCUT2D eigenvalue weighted by Gasteiger charge is 2.29. The Kier molecular flexibility index (Phi) is 5.69. The van der Waals surface area contributed by atoms with Gasteiger partial charge in [-0.1, -0.05) is 69.5 Å². The van der Waals surface area contributed by atoms with E-state index >= 15 is 0 Å². The molecule has 0 aliphatic heterocycles. The van der Waals surface area contributed by atoms with Crippen molar-refractivity contribution in [2.24, 2.45) is 0 Å². The largest absolute Gasteiger partial charge is 0.263 e. The van der Waals surface area contributed by atoms with Crippen molar-refractivity contribution in [3.05, 3.63) is 74.2 Å². The van der Waals surface area contributed by atoms with Crippen molar-refractivity contribution in [2.45, 2.75) is 17.9 Å². The summed E-state index contributed by atoms with van der Waals surface area (Å²) in [5, 5.41) is 6.83. The molecule has 0 saturated heterocycles. The normalized spacial score (nSPS) is 12.9. The highest BCUT2D eigenvalue weighted by molar-refractivity contribution is 9.10. The Morgan fingerprint density at radius 3 is 2.31 bits per heavy atom. The highest BCUT2D eigenvalue weighted by atomic mass is 79.9. The number of sulfonamides is 1. The first-order valence-corrected chi connectivity index (χ1v) is 10.4. The van der Waals surface area contributed by atoms with Crippen LogP contribution in [0.5, 0.6) is 0 Å². The molecule has 26 heavy (non-hydrogen) atoms. The van der Waals surface area contributed by atoms with Crippen molar-refractivity contribution in [1.29, 1.82) is 0 Å². The molecular formula is C16H13BrCl2N4O2S. The first-order valence-electron chi connectivity index (χ1n) is 7.38. The molecule has 2 aromatic carbocycles. The highest BCUT2D eigenvalue weighted by Crippen LogP contribution is 2.34. The molecule has 0 aliphatic rings. The Morgan fingerprint density at radius 1 is 1.15 bits per heavy atom. The first-order chi connectivity index (χ1) is 12.3. The zero-order valence-electron chi connectivity index (χ0n) is 13.4. The van der Waals surface area contributed by atoms with Crippen LogP contribution in [-0.2, 0) is 10.0 Å². The predicted molar refractivity (Wildman–Crippen MR) is 104 cm³/mol. The summed E-state index contributed by atoms with van der Waals surface area (Å²) >= 11 is 15.5. The fourth-order valence-corrected chi connectivity index (χ4v) is 5.52. The van der Waals surface area contributed by atoms with Crippen LogP contribution in [0.15, 0.2) is 51.8 Å². The number of hydrogen-bond acceptors (Lipinski definition) is 4. The number of halogens is 3. The lowest BCUT2D eigenvalue weighted by Crippen LogP contribution is -2.30. The average molecular weight is 476 g/mol. The fourth-order valence-electron chi connectivity index (χ4n) is 2.40. The van der Waals surface area contributed by atoms with E-state index in [4.69, 9.17) is 23.2 Å². The van der Waals surface area contributed by atoms with Gasteiger partial charge < -0.3 is 0 Å². The van der Waals surface area contributed by atoms with Gasteiger partial charge in [0.05, 0.1) is 10.0 Å². The van der Waals surface area contributed by atoms with Crippen LogP contribution in [0.1, 0.15) is 23.3 Å². The van der Waals surface area contributed by atoms with E-state index in [-0.39, 0.29) is 14.9 Å². The number of aromatic amines is 1. The van der Waals surface area contributed by atoms with Gasteiger partial charge in [0.25, 0.3) is 0 Å². The number of nitrogens with zero attached hydrogens (tertiary/aromatic N) is 2. The molecular weight excluding hydrogens is 463 g/mol. The van der Waals surface area contributed by atoms with Gasteiger partial charge in [-0.05, 0) is 24.6 Å². The van der Waals surface area contributed by atoms with E-state index in [1.54, 1.807) is 31.2 Å². The Morgan fingerprint density at radius 2 is 1.77 bits per heavy atom. The average Bonchev–Trinajstić information content (AvgIpc) is 2.98. The van der Waals surface area contributed by atoms with E-state index in [0.717, 1.165) is 0 Å². The maximum atomic E-state index is 13.0. The molecule has 10 heteroatoms. The minimum Gasteiger partial charge on any atom is -0.263 e. The van der Waals surface area contributed by atoms with E-state index in [1.807, 2.05) is 6.07 Å². The SMILES string of the molecule is Cc1nc([C@H](NS(=O)(=O)c2c(Cl)cc(Br)cc2Cl)c2ccccc2)n[nH]1. The molecule has 0 aliphatic carbocycles. The molecule has 1 aromatic heterocycles. The minimum atomic E-state index is -4.05. The molecule has 136 valence electrons. The second-order valence-corrected chi connectivity index (χ2v) is 8.82. The van der Waals surface area contributed by atoms with Gasteiger partial charge in [0.15, 0.2) is 5.82 Å². The Hall–Kier alpha value is -1.45. The number of rotatable bonds is 5. The van der Waals surface area contributed by atoms with Gasteiger partial charge >= 0.3 is 0 Å². The first kappa shape index (κ1) is 19.3. The zero-order chi connectivity index (χ0) is 18.9. The van der Waals surface area contributed by atoms with Crippen LogP contribution in [0.25, 0.3) is 0 Å². The van der Waals surface area contributed by atoms with Crippen molar-refractivity contribution in [3.8, 4) is 0 Å². The number of benzene rings is 2. The molecule has 0 radical (unpaired) electrons. The number of hydrogen-bond donors (Lipinski definition) is 2. The van der Waals surface area contributed by atoms with Crippen LogP contribution in [0, 0.1) is 6.92 Å². The van der Waals surface area contributed by atoms with Crippen LogP contribution in [0.4, 0.5) is 0 Å². The molecule has 0 saturated carbocycles. The van der Waals surface area contributed by atoms with Gasteiger partial charge in [0.1, 0.15) is 16.8 Å². The van der Waals surface area contributed by atoms with E-state index < -0.39 is 16.1 Å². The molecule has 1 atom stereocenters. The van der Waals surface area contributed by atoms with Crippen LogP contribution in [0.3, 0.4) is 0 Å². The number of aromatic nitrogens is 3. The molecule has 0 bridgehead atoms. The second kappa shape index (κ2) is 7.66. The van der Waals surface area contributed by atoms with Gasteiger partial charge in [-0.15, -0.1) is 0 Å². The van der Waals surface area contributed by atoms with E-state index in [2.05, 4.69) is 35.8 Å². The van der Waals surface area contributed by atoms with Crippen LogP contribution >= 0.6 is 39.1 Å². The third-order valence-corrected chi connectivity index (χ3v) is 6.31. The summed E-state index contributed by atoms with van der Waals surface area (Å²) in [5.41, 5.74) is 0.680. The van der Waals surface area contributed by atoms with Crippen LogP contribution < -0.4 is 4.72 Å². The molecule has 0 amide bonds. The maximum Gasteiger partial charge on any atom is 0.244 e. The summed E-state index contributed by atoms with van der Waals surface area (Å²) in [6.07, 6.45) is 0. The summed E-state index contributed by atoms with van der Waals surface area (Å²) in [5.74, 6) is 0.862. The molecule has 3 aromatic rings. The molecule has 2 N–H and O–H groups in total. The molecule has 0 spiro atoms. The number of H-pyrrole nitrogens is 1. The van der Waals surface area contributed by atoms with Crippen LogP contribution in [0.2, 0.25) is 10.0 Å². The Labute approximate surface area is 169 Å². The lowest BCUT2D eigenvalue weighted by molar-refractivity contribution is 0.567. The summed E-state index contributed by atoms with van der Waals surface area (Å²) in [6, 6.07) is 11.1. The molecule has 6 nitrogen and oxygen atoms in total. The van der Waals surface area contributed by atoms with E-state index in [0.29, 0.717) is 21.7 Å². The minimum absolute atomic E-state index is 0.00912. The van der Waals surface area contributed by atoms with Crippen molar-refractivity contribution in [3.63, 3.8) is 0 Å². The monoisotopic (exact) mass is 474 g/mol. The summed E-state index contributed by atoms with van der Waals surface area (Å²) in [6.45, 7) is 1.73. The Bertz CT molecular complexity index is 1020. The quantitative estimate of drug-likeness (QED) is 0.577. The van der Waals surface area contributed by atoms with Crippen molar-refractivity contribution in [2.75, 3.05) is 0 Å². The van der Waals surface area contributed by atoms with E-state index in [1.165, 1.54) is 12.1 Å². The summed E-state index contributed by atoms with van der Waals surface area (Å²) < 4.78 is 29.2. The smallest absolute Gasteiger partial charge is 0.244 e. The summed E-state index contributed by atoms with van der Waals surface area (Å²) in [4.78, 5) is 4.06. The molecule has 0 unspecified atom stereocenters. The van der Waals surface area contributed by atoms with Gasteiger partial charge in [0.2, 0.25) is 10.0 Å². The topological polar surface area (TPSA) is 87.7 Å². The van der Waals surface area contributed by atoms with Crippen molar-refractivity contribution >= 4 is 49.2 Å². The van der Waals surface area contributed by atoms with Crippen molar-refractivity contribution in [1.82, 2.24) is 19.9 Å². The summed E-state index contributed by atoms with van der Waals surface area (Å²) in [7, 11) is -4.05. The van der Waals surface area contributed by atoms with Gasteiger partial charge in [-0.25, -0.2) is 13.4 Å². The van der Waals surface area contributed by atoms with Gasteiger partial charge in [-0.3, -0.25) is 5.10 Å². The fraction of sp³-hybridized carbons (Fsp3) is 0.125. The van der Waals surface area contributed by atoms with Gasteiger partial charge in [0, 0.05) is 4.47 Å². The third-order valence-electron chi connectivity index (χ3n) is 3.51. The lowest BCUT2D eigenvalue weighted by Gasteiger charge is -2.18.